The van der Waals surface area contributed by atoms with Crippen molar-refractivity contribution in [1.29, 1.82) is 0 Å². The Morgan fingerprint density at radius 1 is 1.06 bits per heavy atom. The van der Waals surface area contributed by atoms with Gasteiger partial charge in [0.25, 0.3) is 0 Å². The number of nitrogens with one attached hydrogen (secondary N) is 1. The number of amides is 2. The van der Waals surface area contributed by atoms with Gasteiger partial charge in [-0.15, -0.1) is 0 Å². The van der Waals surface area contributed by atoms with Crippen LogP contribution in [0.1, 0.15) is 30.5 Å². The van der Waals surface area contributed by atoms with Gasteiger partial charge in [-0.1, -0.05) is 41.4 Å². The second-order valence-electron chi connectivity index (χ2n) is 8.41. The quantitative estimate of drug-likeness (QED) is 0.494. The van der Waals surface area contributed by atoms with Gasteiger partial charge in [-0.05, 0) is 62.6 Å². The van der Waals surface area contributed by atoms with E-state index in [2.05, 4.69) is 5.32 Å². The summed E-state index contributed by atoms with van der Waals surface area (Å²) in [5, 5.41) is 3.49. The Kier molecular flexibility index (Phi) is 9.97. The minimum atomic E-state index is -4.03. The minimum Gasteiger partial charge on any atom is -0.355 e. The summed E-state index contributed by atoms with van der Waals surface area (Å²) < 4.78 is 28.7. The lowest BCUT2D eigenvalue weighted by Crippen LogP contribution is -2.52. The number of rotatable bonds is 10. The third-order valence-electron chi connectivity index (χ3n) is 5.53. The molecule has 0 fully saturated rings. The Morgan fingerprint density at radius 3 is 2.29 bits per heavy atom. The lowest BCUT2D eigenvalue weighted by Gasteiger charge is -2.33. The number of anilines is 1. The van der Waals surface area contributed by atoms with Crippen molar-refractivity contribution in [3.63, 3.8) is 0 Å². The second kappa shape index (κ2) is 12.1. The smallest absolute Gasteiger partial charge is 0.304 e. The van der Waals surface area contributed by atoms with Gasteiger partial charge in [0.1, 0.15) is 12.6 Å². The molecule has 2 amide bonds. The number of benzene rings is 2. The van der Waals surface area contributed by atoms with Gasteiger partial charge in [-0.2, -0.15) is 12.7 Å². The van der Waals surface area contributed by atoms with E-state index < -0.39 is 28.7 Å². The van der Waals surface area contributed by atoms with E-state index in [1.165, 1.54) is 19.0 Å². The highest BCUT2D eigenvalue weighted by atomic mass is 35.5. The standard InChI is InChI=1S/C24H32Cl2N4O4S/c1-7-27-24(32)18(4)29(14-19-10-11-20(25)13-21(19)26)23(31)15-30(35(33,34)28(5)6)22-12-16(2)8-9-17(22)3/h8-13,18H,7,14-15H2,1-6H3,(H,27,32). The van der Waals surface area contributed by atoms with Crippen LogP contribution in [0.2, 0.25) is 10.0 Å². The van der Waals surface area contributed by atoms with E-state index in [0.29, 0.717) is 33.4 Å². The molecule has 1 N–H and O–H groups in total. The predicted octanol–water partition coefficient (Wildman–Crippen LogP) is 3.78. The molecule has 0 aromatic heterocycles. The largest absolute Gasteiger partial charge is 0.355 e. The number of aryl methyl sites for hydroxylation is 2. The summed E-state index contributed by atoms with van der Waals surface area (Å²) in [6.45, 7) is 6.87. The molecule has 2 aromatic carbocycles. The zero-order valence-corrected chi connectivity index (χ0v) is 23.1. The third kappa shape index (κ3) is 7.10. The highest BCUT2D eigenvalue weighted by Gasteiger charge is 2.33. The van der Waals surface area contributed by atoms with Crippen molar-refractivity contribution in [2.45, 2.75) is 40.3 Å². The van der Waals surface area contributed by atoms with Gasteiger partial charge in [-0.25, -0.2) is 4.31 Å². The molecular formula is C24H32Cl2N4O4S. The van der Waals surface area contributed by atoms with Gasteiger partial charge >= 0.3 is 10.2 Å². The summed E-state index contributed by atoms with van der Waals surface area (Å²) in [4.78, 5) is 27.7. The molecular weight excluding hydrogens is 511 g/mol. The van der Waals surface area contributed by atoms with Crippen molar-refractivity contribution >= 4 is 50.9 Å². The van der Waals surface area contributed by atoms with E-state index >= 15 is 0 Å². The van der Waals surface area contributed by atoms with E-state index in [0.717, 1.165) is 14.2 Å². The average molecular weight is 544 g/mol. The number of likely N-dealkylation sites (N-methyl/N-ethyl adjacent to an activating group) is 1. The molecule has 0 spiro atoms. The predicted molar refractivity (Wildman–Crippen MR) is 141 cm³/mol. The van der Waals surface area contributed by atoms with Crippen LogP contribution in [-0.4, -0.2) is 62.7 Å². The minimum absolute atomic E-state index is 0.00418. The van der Waals surface area contributed by atoms with Crippen LogP contribution in [-0.2, 0) is 26.3 Å². The molecule has 0 saturated carbocycles. The van der Waals surface area contributed by atoms with Crippen molar-refractivity contribution in [3.8, 4) is 0 Å². The van der Waals surface area contributed by atoms with Crippen molar-refractivity contribution < 1.29 is 18.0 Å². The topological polar surface area (TPSA) is 90.0 Å². The van der Waals surface area contributed by atoms with E-state index in [9.17, 15) is 18.0 Å². The van der Waals surface area contributed by atoms with Gasteiger partial charge in [0.15, 0.2) is 0 Å². The molecule has 2 rings (SSSR count). The Bertz CT molecular complexity index is 1190. The SMILES string of the molecule is CCNC(=O)C(C)N(Cc1ccc(Cl)cc1Cl)C(=O)CN(c1cc(C)ccc1C)S(=O)(=O)N(C)C. The van der Waals surface area contributed by atoms with E-state index in [1.54, 1.807) is 51.1 Å². The molecule has 0 aliphatic carbocycles. The van der Waals surface area contributed by atoms with Crippen molar-refractivity contribution in [2.24, 2.45) is 0 Å². The first-order valence-corrected chi connectivity index (χ1v) is 13.2. The molecule has 1 atom stereocenters. The summed E-state index contributed by atoms with van der Waals surface area (Å²) in [5.74, 6) is -0.916. The molecule has 8 nitrogen and oxygen atoms in total. The van der Waals surface area contributed by atoms with Crippen LogP contribution in [0.3, 0.4) is 0 Å². The Labute approximate surface area is 218 Å². The van der Waals surface area contributed by atoms with Crippen LogP contribution < -0.4 is 9.62 Å². The molecule has 0 radical (unpaired) electrons. The lowest BCUT2D eigenvalue weighted by molar-refractivity contribution is -0.139. The number of hydrogen-bond donors (Lipinski definition) is 1. The fourth-order valence-electron chi connectivity index (χ4n) is 3.43. The Balaban J connectivity index is 2.54. The molecule has 0 aliphatic rings. The molecule has 192 valence electrons. The molecule has 0 bridgehead atoms. The second-order valence-corrected chi connectivity index (χ2v) is 11.3. The number of nitrogens with zero attached hydrogens (tertiary/aromatic N) is 3. The summed E-state index contributed by atoms with van der Waals surface area (Å²) in [7, 11) is -1.22. The number of halogens is 2. The molecule has 2 aromatic rings. The Hall–Kier alpha value is -2.33. The van der Waals surface area contributed by atoms with Crippen LogP contribution in [0, 0.1) is 13.8 Å². The number of carbonyl (C=O) groups is 2. The number of carbonyl (C=O) groups excluding carboxylic acids is 2. The fourth-order valence-corrected chi connectivity index (χ4v) is 5.01. The first kappa shape index (κ1) is 28.9. The third-order valence-corrected chi connectivity index (χ3v) is 7.92. The summed E-state index contributed by atoms with van der Waals surface area (Å²) in [5.41, 5.74) is 2.51. The summed E-state index contributed by atoms with van der Waals surface area (Å²) in [6.07, 6.45) is 0. The highest BCUT2D eigenvalue weighted by molar-refractivity contribution is 7.90. The molecule has 35 heavy (non-hydrogen) atoms. The molecule has 0 saturated heterocycles. The van der Waals surface area contributed by atoms with Gasteiger partial charge in [0, 0.05) is 37.2 Å². The Morgan fingerprint density at radius 2 is 1.71 bits per heavy atom. The fraction of sp³-hybridized carbons (Fsp3) is 0.417. The van der Waals surface area contributed by atoms with Crippen LogP contribution in [0.25, 0.3) is 0 Å². The van der Waals surface area contributed by atoms with Gasteiger partial charge in [0.2, 0.25) is 11.8 Å². The van der Waals surface area contributed by atoms with Gasteiger partial charge in [-0.3, -0.25) is 9.59 Å². The van der Waals surface area contributed by atoms with Crippen LogP contribution in [0.5, 0.6) is 0 Å². The molecule has 1 unspecified atom stereocenters. The highest BCUT2D eigenvalue weighted by Crippen LogP contribution is 2.27. The van der Waals surface area contributed by atoms with E-state index in [-0.39, 0.29) is 12.5 Å². The maximum Gasteiger partial charge on any atom is 0.304 e. The summed E-state index contributed by atoms with van der Waals surface area (Å²) >= 11 is 12.3. The van der Waals surface area contributed by atoms with Crippen molar-refractivity contribution in [3.05, 3.63) is 63.1 Å². The van der Waals surface area contributed by atoms with Gasteiger partial charge in [0.05, 0.1) is 5.69 Å². The van der Waals surface area contributed by atoms with Crippen molar-refractivity contribution in [2.75, 3.05) is 31.5 Å². The van der Waals surface area contributed by atoms with Crippen LogP contribution in [0.4, 0.5) is 5.69 Å². The molecule has 0 heterocycles. The zero-order chi connectivity index (χ0) is 26.5. The number of hydrogen-bond acceptors (Lipinski definition) is 4. The maximum absolute atomic E-state index is 13.7. The normalized spacial score (nSPS) is 12.4. The molecule has 0 aliphatic heterocycles. The lowest BCUT2D eigenvalue weighted by atomic mass is 10.1. The van der Waals surface area contributed by atoms with E-state index in [4.69, 9.17) is 23.2 Å². The average Bonchev–Trinajstić information content (AvgIpc) is 2.78. The van der Waals surface area contributed by atoms with Crippen LogP contribution >= 0.6 is 23.2 Å². The first-order valence-electron chi connectivity index (χ1n) is 11.1. The summed E-state index contributed by atoms with van der Waals surface area (Å²) in [6, 6.07) is 9.38. The first-order chi connectivity index (χ1) is 16.3. The van der Waals surface area contributed by atoms with E-state index in [1.807, 2.05) is 13.0 Å². The zero-order valence-electron chi connectivity index (χ0n) is 20.8. The van der Waals surface area contributed by atoms with Crippen molar-refractivity contribution in [1.82, 2.24) is 14.5 Å². The molecule has 11 heteroatoms. The maximum atomic E-state index is 13.7. The van der Waals surface area contributed by atoms with Gasteiger partial charge < -0.3 is 10.2 Å². The monoisotopic (exact) mass is 542 g/mol. The van der Waals surface area contributed by atoms with Crippen LogP contribution in [0.15, 0.2) is 36.4 Å².